The van der Waals surface area contributed by atoms with Crippen molar-refractivity contribution in [3.05, 3.63) is 30.3 Å². The summed E-state index contributed by atoms with van der Waals surface area (Å²) in [6.45, 7) is 2.09. The smallest absolute Gasteiger partial charge is 0.243 e. The SMILES string of the molecule is CN(C(=O)C1CCCCN1S(=O)(=O)c1ccccc1)C1CCNC1.Cl. The normalized spacial score (nSPS) is 24.5. The van der Waals surface area contributed by atoms with E-state index in [-0.39, 0.29) is 29.3 Å². The molecule has 1 N–H and O–H groups in total. The zero-order valence-electron chi connectivity index (χ0n) is 14.4. The molecular weight excluding hydrogens is 362 g/mol. The average molecular weight is 388 g/mol. The third-order valence-electron chi connectivity index (χ3n) is 5.02. The second-order valence-electron chi connectivity index (χ2n) is 6.54. The van der Waals surface area contributed by atoms with Gasteiger partial charge in [-0.3, -0.25) is 4.79 Å². The van der Waals surface area contributed by atoms with Crippen LogP contribution in [0.2, 0.25) is 0 Å². The maximum absolute atomic E-state index is 13.0. The van der Waals surface area contributed by atoms with Crippen molar-refractivity contribution in [2.75, 3.05) is 26.7 Å². The van der Waals surface area contributed by atoms with Gasteiger partial charge in [-0.25, -0.2) is 8.42 Å². The number of hydrogen-bond donors (Lipinski definition) is 1. The van der Waals surface area contributed by atoms with Gasteiger partial charge in [0.1, 0.15) is 6.04 Å². The summed E-state index contributed by atoms with van der Waals surface area (Å²) in [4.78, 5) is 15.0. The molecule has 1 aromatic rings. The molecule has 2 fully saturated rings. The number of piperidine rings is 1. The molecule has 0 bridgehead atoms. The van der Waals surface area contributed by atoms with E-state index in [1.165, 1.54) is 4.31 Å². The minimum absolute atomic E-state index is 0. The third kappa shape index (κ3) is 4.16. The van der Waals surface area contributed by atoms with E-state index in [0.29, 0.717) is 13.0 Å². The Morgan fingerprint density at radius 2 is 1.92 bits per heavy atom. The summed E-state index contributed by atoms with van der Waals surface area (Å²) in [6.07, 6.45) is 3.19. The highest BCUT2D eigenvalue weighted by molar-refractivity contribution is 7.89. The van der Waals surface area contributed by atoms with Gasteiger partial charge in [0.2, 0.25) is 15.9 Å². The number of benzene rings is 1. The molecule has 2 atom stereocenters. The number of nitrogens with one attached hydrogen (secondary N) is 1. The predicted molar refractivity (Wildman–Crippen MR) is 99.3 cm³/mol. The monoisotopic (exact) mass is 387 g/mol. The maximum atomic E-state index is 13.0. The van der Waals surface area contributed by atoms with E-state index in [0.717, 1.165) is 32.4 Å². The highest BCUT2D eigenvalue weighted by atomic mass is 35.5. The van der Waals surface area contributed by atoms with E-state index in [2.05, 4.69) is 5.32 Å². The Morgan fingerprint density at radius 1 is 1.20 bits per heavy atom. The predicted octanol–water partition coefficient (Wildman–Crippen LogP) is 1.47. The molecule has 140 valence electrons. The van der Waals surface area contributed by atoms with Crippen molar-refractivity contribution in [2.24, 2.45) is 0 Å². The molecule has 0 radical (unpaired) electrons. The van der Waals surface area contributed by atoms with Crippen LogP contribution in [0.15, 0.2) is 35.2 Å². The van der Waals surface area contributed by atoms with Crippen LogP contribution in [0.25, 0.3) is 0 Å². The second kappa shape index (κ2) is 8.49. The minimum Gasteiger partial charge on any atom is -0.340 e. The van der Waals surface area contributed by atoms with Crippen molar-refractivity contribution >= 4 is 28.3 Å². The molecule has 2 saturated heterocycles. The lowest BCUT2D eigenvalue weighted by molar-refractivity contribution is -0.136. The van der Waals surface area contributed by atoms with Crippen LogP contribution in [-0.2, 0) is 14.8 Å². The van der Waals surface area contributed by atoms with Gasteiger partial charge in [-0.05, 0) is 37.9 Å². The molecule has 1 amide bonds. The van der Waals surface area contributed by atoms with E-state index in [4.69, 9.17) is 0 Å². The third-order valence-corrected chi connectivity index (χ3v) is 6.94. The Bertz CT molecular complexity index is 678. The van der Waals surface area contributed by atoms with Crippen molar-refractivity contribution in [1.29, 1.82) is 0 Å². The van der Waals surface area contributed by atoms with Crippen LogP contribution < -0.4 is 5.32 Å². The Kier molecular flexibility index (Phi) is 6.85. The molecule has 2 aliphatic rings. The molecule has 0 spiro atoms. The quantitative estimate of drug-likeness (QED) is 0.849. The summed E-state index contributed by atoms with van der Waals surface area (Å²) in [5, 5.41) is 3.25. The largest absolute Gasteiger partial charge is 0.340 e. The Labute approximate surface area is 156 Å². The summed E-state index contributed by atoms with van der Waals surface area (Å²) in [5.41, 5.74) is 0. The van der Waals surface area contributed by atoms with Crippen LogP contribution >= 0.6 is 12.4 Å². The van der Waals surface area contributed by atoms with Gasteiger partial charge >= 0.3 is 0 Å². The van der Waals surface area contributed by atoms with Crippen LogP contribution in [0.3, 0.4) is 0 Å². The number of hydrogen-bond acceptors (Lipinski definition) is 4. The molecule has 2 unspecified atom stereocenters. The number of carbonyl (C=O) groups is 1. The standard InChI is InChI=1S/C17H25N3O3S.ClH/c1-19(14-10-11-18-13-14)17(21)16-9-5-6-12-20(16)24(22,23)15-7-3-2-4-8-15;/h2-4,7-8,14,16,18H,5-6,9-13H2,1H3;1H. The lowest BCUT2D eigenvalue weighted by Crippen LogP contribution is -2.54. The first-order valence-corrected chi connectivity index (χ1v) is 10.00. The van der Waals surface area contributed by atoms with Crippen molar-refractivity contribution < 1.29 is 13.2 Å². The highest BCUT2D eigenvalue weighted by Crippen LogP contribution is 2.27. The zero-order chi connectivity index (χ0) is 17.2. The van der Waals surface area contributed by atoms with Gasteiger partial charge < -0.3 is 10.2 Å². The summed E-state index contributed by atoms with van der Waals surface area (Å²) >= 11 is 0. The van der Waals surface area contributed by atoms with Crippen molar-refractivity contribution in [3.63, 3.8) is 0 Å². The second-order valence-corrected chi connectivity index (χ2v) is 8.43. The summed E-state index contributed by atoms with van der Waals surface area (Å²) in [5.74, 6) is -0.0806. The van der Waals surface area contributed by atoms with Crippen LogP contribution in [-0.4, -0.2) is 62.3 Å². The van der Waals surface area contributed by atoms with Gasteiger partial charge in [0.15, 0.2) is 0 Å². The van der Waals surface area contributed by atoms with Crippen LogP contribution in [0.4, 0.5) is 0 Å². The Morgan fingerprint density at radius 3 is 2.56 bits per heavy atom. The number of amides is 1. The summed E-state index contributed by atoms with van der Waals surface area (Å²) < 4.78 is 27.4. The number of rotatable bonds is 4. The fourth-order valence-corrected chi connectivity index (χ4v) is 5.22. The fraction of sp³-hybridized carbons (Fsp3) is 0.588. The van der Waals surface area contributed by atoms with Gasteiger partial charge in [-0.15, -0.1) is 12.4 Å². The van der Waals surface area contributed by atoms with Gasteiger partial charge in [0.05, 0.1) is 4.90 Å². The molecule has 8 heteroatoms. The molecule has 1 aromatic carbocycles. The van der Waals surface area contributed by atoms with Crippen molar-refractivity contribution in [3.8, 4) is 0 Å². The molecule has 2 heterocycles. The zero-order valence-corrected chi connectivity index (χ0v) is 16.1. The molecule has 25 heavy (non-hydrogen) atoms. The molecule has 6 nitrogen and oxygen atoms in total. The first-order chi connectivity index (χ1) is 11.5. The number of nitrogens with zero attached hydrogens (tertiary/aromatic N) is 2. The van der Waals surface area contributed by atoms with E-state index < -0.39 is 16.1 Å². The Hall–Kier alpha value is -1.15. The van der Waals surface area contributed by atoms with Crippen LogP contribution in [0.5, 0.6) is 0 Å². The molecule has 0 saturated carbocycles. The summed E-state index contributed by atoms with van der Waals surface area (Å²) in [6, 6.07) is 7.97. The Balaban J connectivity index is 0.00000225. The minimum atomic E-state index is -3.64. The van der Waals surface area contributed by atoms with Crippen LogP contribution in [0, 0.1) is 0 Å². The van der Waals surface area contributed by atoms with E-state index in [9.17, 15) is 13.2 Å². The number of carbonyl (C=O) groups excluding carboxylic acids is 1. The van der Waals surface area contributed by atoms with Gasteiger partial charge in [-0.2, -0.15) is 4.31 Å². The average Bonchev–Trinajstić information content (AvgIpc) is 3.16. The number of likely N-dealkylation sites (N-methyl/N-ethyl adjacent to an activating group) is 1. The van der Waals surface area contributed by atoms with E-state index in [1.807, 2.05) is 0 Å². The van der Waals surface area contributed by atoms with Gasteiger partial charge in [0, 0.05) is 26.2 Å². The molecular formula is C17H26ClN3O3S. The number of sulfonamides is 1. The van der Waals surface area contributed by atoms with Gasteiger partial charge in [-0.1, -0.05) is 24.6 Å². The van der Waals surface area contributed by atoms with Gasteiger partial charge in [0.25, 0.3) is 0 Å². The number of halogens is 1. The molecule has 0 aliphatic carbocycles. The van der Waals surface area contributed by atoms with Crippen molar-refractivity contribution in [1.82, 2.24) is 14.5 Å². The van der Waals surface area contributed by atoms with Crippen LogP contribution in [0.1, 0.15) is 25.7 Å². The molecule has 0 aromatic heterocycles. The highest BCUT2D eigenvalue weighted by Gasteiger charge is 2.40. The molecule has 2 aliphatic heterocycles. The fourth-order valence-electron chi connectivity index (χ4n) is 3.55. The lowest BCUT2D eigenvalue weighted by Gasteiger charge is -2.37. The lowest BCUT2D eigenvalue weighted by atomic mass is 10.0. The first kappa shape index (κ1) is 20.2. The topological polar surface area (TPSA) is 69.7 Å². The maximum Gasteiger partial charge on any atom is 0.243 e. The molecule has 3 rings (SSSR count). The first-order valence-electron chi connectivity index (χ1n) is 8.56. The van der Waals surface area contributed by atoms with E-state index >= 15 is 0 Å². The summed E-state index contributed by atoms with van der Waals surface area (Å²) in [7, 11) is -1.85. The van der Waals surface area contributed by atoms with Crippen molar-refractivity contribution in [2.45, 2.75) is 42.7 Å². The van der Waals surface area contributed by atoms with E-state index in [1.54, 1.807) is 42.3 Å².